The van der Waals surface area contributed by atoms with E-state index in [4.69, 9.17) is 9.47 Å². The summed E-state index contributed by atoms with van der Waals surface area (Å²) in [5.74, 6) is 0.776. The van der Waals surface area contributed by atoms with E-state index in [2.05, 4.69) is 5.32 Å². The SMILES string of the molecule is COc1ccc(C)cc1NCC(O)COC(C)C. The molecule has 0 radical (unpaired) electrons. The Morgan fingerprint density at radius 1 is 1.33 bits per heavy atom. The summed E-state index contributed by atoms with van der Waals surface area (Å²) in [5.41, 5.74) is 2.03. The van der Waals surface area contributed by atoms with E-state index in [1.165, 1.54) is 0 Å². The number of aliphatic hydroxyl groups excluding tert-OH is 1. The molecule has 0 heterocycles. The molecule has 1 aromatic rings. The van der Waals surface area contributed by atoms with Gasteiger partial charge in [0, 0.05) is 6.54 Å². The van der Waals surface area contributed by atoms with Gasteiger partial charge in [-0.3, -0.25) is 0 Å². The standard InChI is InChI=1S/C14H23NO3/c1-10(2)18-9-12(16)8-15-13-7-11(3)5-6-14(13)17-4/h5-7,10,12,15-16H,8-9H2,1-4H3. The van der Waals surface area contributed by atoms with Crippen LogP contribution < -0.4 is 10.1 Å². The molecule has 1 aromatic carbocycles. The third kappa shape index (κ3) is 4.94. The Morgan fingerprint density at radius 3 is 2.67 bits per heavy atom. The highest BCUT2D eigenvalue weighted by atomic mass is 16.5. The maximum absolute atomic E-state index is 9.76. The first-order chi connectivity index (χ1) is 8.52. The van der Waals surface area contributed by atoms with Crippen LogP contribution in [0.3, 0.4) is 0 Å². The summed E-state index contributed by atoms with van der Waals surface area (Å²) >= 11 is 0. The predicted molar refractivity (Wildman–Crippen MR) is 73.3 cm³/mol. The van der Waals surface area contributed by atoms with Crippen molar-refractivity contribution in [2.24, 2.45) is 0 Å². The van der Waals surface area contributed by atoms with Crippen LogP contribution in [0.5, 0.6) is 5.75 Å². The largest absolute Gasteiger partial charge is 0.495 e. The minimum Gasteiger partial charge on any atom is -0.495 e. The van der Waals surface area contributed by atoms with E-state index in [0.717, 1.165) is 17.0 Å². The molecule has 4 heteroatoms. The molecule has 0 aliphatic carbocycles. The molecule has 0 spiro atoms. The molecule has 0 aromatic heterocycles. The third-order valence-corrected chi connectivity index (χ3v) is 2.51. The Kier molecular flexibility index (Phi) is 5.95. The number of benzene rings is 1. The summed E-state index contributed by atoms with van der Waals surface area (Å²) in [5, 5.41) is 12.9. The van der Waals surface area contributed by atoms with Gasteiger partial charge in [-0.15, -0.1) is 0 Å². The lowest BCUT2D eigenvalue weighted by Crippen LogP contribution is -2.26. The minimum atomic E-state index is -0.530. The Bertz CT molecular complexity index is 366. The Labute approximate surface area is 109 Å². The summed E-state index contributed by atoms with van der Waals surface area (Å²) in [6, 6.07) is 5.89. The molecule has 102 valence electrons. The topological polar surface area (TPSA) is 50.7 Å². The number of methoxy groups -OCH3 is 1. The summed E-state index contributed by atoms with van der Waals surface area (Å²) in [7, 11) is 1.63. The van der Waals surface area contributed by atoms with Crippen LogP contribution in [0.1, 0.15) is 19.4 Å². The number of aliphatic hydroxyl groups is 1. The fourth-order valence-electron chi connectivity index (χ4n) is 1.55. The number of rotatable bonds is 7. The van der Waals surface area contributed by atoms with E-state index in [-0.39, 0.29) is 6.10 Å². The first kappa shape index (κ1) is 14.8. The van der Waals surface area contributed by atoms with Gasteiger partial charge in [-0.2, -0.15) is 0 Å². The molecular weight excluding hydrogens is 230 g/mol. The lowest BCUT2D eigenvalue weighted by atomic mass is 10.2. The number of ether oxygens (including phenoxy) is 2. The van der Waals surface area contributed by atoms with Gasteiger partial charge in [0.25, 0.3) is 0 Å². The van der Waals surface area contributed by atoms with Crippen LogP contribution in [-0.4, -0.2) is 37.6 Å². The van der Waals surface area contributed by atoms with Gasteiger partial charge >= 0.3 is 0 Å². The van der Waals surface area contributed by atoms with Crippen molar-refractivity contribution in [1.29, 1.82) is 0 Å². The first-order valence-electron chi connectivity index (χ1n) is 6.21. The van der Waals surface area contributed by atoms with Crippen molar-refractivity contribution in [2.45, 2.75) is 33.0 Å². The van der Waals surface area contributed by atoms with Crippen molar-refractivity contribution in [3.8, 4) is 5.75 Å². The summed E-state index contributed by atoms with van der Waals surface area (Å²) in [6.07, 6.45) is -0.397. The van der Waals surface area contributed by atoms with Gasteiger partial charge in [0.15, 0.2) is 0 Å². The monoisotopic (exact) mass is 253 g/mol. The number of anilines is 1. The summed E-state index contributed by atoms with van der Waals surface area (Å²) in [4.78, 5) is 0. The second-order valence-corrected chi connectivity index (χ2v) is 4.62. The molecule has 1 unspecified atom stereocenters. The zero-order chi connectivity index (χ0) is 13.5. The van der Waals surface area contributed by atoms with Crippen LogP contribution in [-0.2, 0) is 4.74 Å². The van der Waals surface area contributed by atoms with Crippen LogP contribution in [0.4, 0.5) is 5.69 Å². The van der Waals surface area contributed by atoms with Gasteiger partial charge in [-0.05, 0) is 38.5 Å². The van der Waals surface area contributed by atoms with Gasteiger partial charge in [0.2, 0.25) is 0 Å². The molecular formula is C14H23NO3. The molecule has 1 atom stereocenters. The highest BCUT2D eigenvalue weighted by Gasteiger charge is 2.08. The zero-order valence-electron chi connectivity index (χ0n) is 11.6. The van der Waals surface area contributed by atoms with Crippen molar-refractivity contribution in [3.05, 3.63) is 23.8 Å². The number of hydrogen-bond acceptors (Lipinski definition) is 4. The van der Waals surface area contributed by atoms with Gasteiger partial charge < -0.3 is 19.9 Å². The minimum absolute atomic E-state index is 0.133. The first-order valence-corrected chi connectivity index (χ1v) is 6.21. The van der Waals surface area contributed by atoms with E-state index in [1.54, 1.807) is 7.11 Å². The Balaban J connectivity index is 2.49. The molecule has 4 nitrogen and oxygen atoms in total. The van der Waals surface area contributed by atoms with Crippen LogP contribution >= 0.6 is 0 Å². The predicted octanol–water partition coefficient (Wildman–Crippen LogP) is 2.20. The number of aryl methyl sites for hydroxylation is 1. The normalized spacial score (nSPS) is 12.6. The third-order valence-electron chi connectivity index (χ3n) is 2.51. The van der Waals surface area contributed by atoms with Crippen molar-refractivity contribution in [3.63, 3.8) is 0 Å². The summed E-state index contributed by atoms with van der Waals surface area (Å²) in [6.45, 7) is 6.68. The molecule has 0 bridgehead atoms. The molecule has 2 N–H and O–H groups in total. The number of hydrogen-bond donors (Lipinski definition) is 2. The average Bonchev–Trinajstić information content (AvgIpc) is 2.34. The lowest BCUT2D eigenvalue weighted by Gasteiger charge is -2.16. The highest BCUT2D eigenvalue weighted by molar-refractivity contribution is 5.58. The molecule has 0 fully saturated rings. The fourth-order valence-corrected chi connectivity index (χ4v) is 1.55. The van der Waals surface area contributed by atoms with Crippen molar-refractivity contribution >= 4 is 5.69 Å². The van der Waals surface area contributed by atoms with Crippen LogP contribution in [0.15, 0.2) is 18.2 Å². The van der Waals surface area contributed by atoms with Gasteiger partial charge in [-0.25, -0.2) is 0 Å². The van der Waals surface area contributed by atoms with Crippen LogP contribution in [0.2, 0.25) is 0 Å². The molecule has 1 rings (SSSR count). The Morgan fingerprint density at radius 2 is 2.06 bits per heavy atom. The van der Waals surface area contributed by atoms with Crippen LogP contribution in [0.25, 0.3) is 0 Å². The van der Waals surface area contributed by atoms with E-state index < -0.39 is 6.10 Å². The maximum Gasteiger partial charge on any atom is 0.141 e. The van der Waals surface area contributed by atoms with E-state index in [0.29, 0.717) is 13.2 Å². The van der Waals surface area contributed by atoms with E-state index >= 15 is 0 Å². The highest BCUT2D eigenvalue weighted by Crippen LogP contribution is 2.24. The average molecular weight is 253 g/mol. The van der Waals surface area contributed by atoms with E-state index in [9.17, 15) is 5.11 Å². The zero-order valence-corrected chi connectivity index (χ0v) is 11.6. The van der Waals surface area contributed by atoms with Crippen molar-refractivity contribution < 1.29 is 14.6 Å². The number of nitrogens with one attached hydrogen (secondary N) is 1. The van der Waals surface area contributed by atoms with Crippen molar-refractivity contribution in [1.82, 2.24) is 0 Å². The van der Waals surface area contributed by atoms with Crippen LogP contribution in [0, 0.1) is 6.92 Å². The molecule has 0 saturated heterocycles. The van der Waals surface area contributed by atoms with Crippen molar-refractivity contribution in [2.75, 3.05) is 25.6 Å². The second kappa shape index (κ2) is 7.24. The molecule has 0 saturated carbocycles. The smallest absolute Gasteiger partial charge is 0.141 e. The molecule has 0 amide bonds. The molecule has 0 aliphatic heterocycles. The fraction of sp³-hybridized carbons (Fsp3) is 0.571. The maximum atomic E-state index is 9.76. The Hall–Kier alpha value is -1.26. The summed E-state index contributed by atoms with van der Waals surface area (Å²) < 4.78 is 10.6. The second-order valence-electron chi connectivity index (χ2n) is 4.62. The quantitative estimate of drug-likeness (QED) is 0.782. The lowest BCUT2D eigenvalue weighted by molar-refractivity contribution is 0.0112. The molecule has 18 heavy (non-hydrogen) atoms. The van der Waals surface area contributed by atoms with Gasteiger partial charge in [0.1, 0.15) is 5.75 Å². The van der Waals surface area contributed by atoms with E-state index in [1.807, 2.05) is 39.0 Å². The molecule has 0 aliphatic rings. The van der Waals surface area contributed by atoms with Gasteiger partial charge in [-0.1, -0.05) is 6.07 Å². The van der Waals surface area contributed by atoms with Gasteiger partial charge in [0.05, 0.1) is 31.6 Å².